The largest absolute Gasteiger partial charge is 0.497 e. The highest BCUT2D eigenvalue weighted by Gasteiger charge is 2.14. The van der Waals surface area contributed by atoms with Gasteiger partial charge in [-0.25, -0.2) is 0 Å². The fraction of sp³-hybridized carbons (Fsp3) is 0.455. The van der Waals surface area contributed by atoms with Crippen molar-refractivity contribution in [3.05, 3.63) is 65.8 Å². The van der Waals surface area contributed by atoms with Crippen LogP contribution in [0.1, 0.15) is 52.0 Å². The molecular formula is C22H32O2. The fourth-order valence-electron chi connectivity index (χ4n) is 2.56. The van der Waals surface area contributed by atoms with E-state index in [0.29, 0.717) is 0 Å². The second kappa shape index (κ2) is 10.9. The van der Waals surface area contributed by atoms with Crippen LogP contribution in [-0.4, -0.2) is 17.8 Å². The molecule has 1 rings (SSSR count). The summed E-state index contributed by atoms with van der Waals surface area (Å²) in [6.45, 7) is 6.02. The molecule has 0 heterocycles. The lowest BCUT2D eigenvalue weighted by molar-refractivity contribution is 0.0995. The summed E-state index contributed by atoms with van der Waals surface area (Å²) in [5.41, 5.74) is 2.01. The first-order valence-electron chi connectivity index (χ1n) is 8.78. The van der Waals surface area contributed by atoms with Gasteiger partial charge < -0.3 is 9.84 Å². The summed E-state index contributed by atoms with van der Waals surface area (Å²) in [7, 11) is 1.69. The van der Waals surface area contributed by atoms with Crippen LogP contribution >= 0.6 is 0 Å². The average molecular weight is 328 g/mol. The van der Waals surface area contributed by atoms with Crippen LogP contribution in [0.2, 0.25) is 0 Å². The summed E-state index contributed by atoms with van der Waals surface area (Å²) >= 11 is 0. The molecule has 0 spiro atoms. The maximum absolute atomic E-state index is 10.3. The van der Waals surface area contributed by atoms with Crippen LogP contribution < -0.4 is 4.74 Å². The molecule has 1 atom stereocenters. The first kappa shape index (κ1) is 20.2. The number of aliphatic hydroxyl groups is 1. The number of rotatable bonds is 10. The molecule has 0 unspecified atom stereocenters. The minimum atomic E-state index is -0.719. The third-order valence-electron chi connectivity index (χ3n) is 4.10. The van der Waals surface area contributed by atoms with Crippen molar-refractivity contribution in [2.45, 2.75) is 58.5 Å². The molecule has 0 amide bonds. The topological polar surface area (TPSA) is 29.5 Å². The molecular weight excluding hydrogens is 296 g/mol. The number of methoxy groups -OCH3 is 1. The minimum Gasteiger partial charge on any atom is -0.497 e. The Morgan fingerprint density at radius 2 is 1.92 bits per heavy atom. The number of hydrogen-bond acceptors (Lipinski definition) is 2. The number of hydrogen-bond donors (Lipinski definition) is 1. The zero-order valence-corrected chi connectivity index (χ0v) is 15.6. The Kier molecular flexibility index (Phi) is 9.18. The standard InChI is InChI=1S/C22H32O2/c1-5-6-7-17-22(3,23)18-9-11-19(2)10-8-12-20-13-15-21(24-4)16-14-20/h5-7,10,13-17,23H,8-9,11-12,18H2,1-4H3/b6-5+,17-7+,19-10+/t22-/m0/s1. The summed E-state index contributed by atoms with van der Waals surface area (Å²) in [4.78, 5) is 0. The summed E-state index contributed by atoms with van der Waals surface area (Å²) in [6, 6.07) is 8.26. The van der Waals surface area contributed by atoms with Crippen LogP contribution in [0, 0.1) is 0 Å². The smallest absolute Gasteiger partial charge is 0.118 e. The average Bonchev–Trinajstić information content (AvgIpc) is 2.55. The van der Waals surface area contributed by atoms with Crippen molar-refractivity contribution in [3.8, 4) is 5.75 Å². The van der Waals surface area contributed by atoms with Crippen LogP contribution in [0.25, 0.3) is 0 Å². The van der Waals surface area contributed by atoms with Crippen LogP contribution in [0.3, 0.4) is 0 Å². The van der Waals surface area contributed by atoms with Crippen molar-refractivity contribution in [2.75, 3.05) is 7.11 Å². The number of aryl methyl sites for hydroxylation is 1. The summed E-state index contributed by atoms with van der Waals surface area (Å²) in [5, 5.41) is 10.3. The van der Waals surface area contributed by atoms with Gasteiger partial charge in [-0.2, -0.15) is 0 Å². The zero-order chi connectivity index (χ0) is 17.8. The van der Waals surface area contributed by atoms with Crippen LogP contribution in [0.4, 0.5) is 0 Å². The van der Waals surface area contributed by atoms with Crippen molar-refractivity contribution in [1.82, 2.24) is 0 Å². The lowest BCUT2D eigenvalue weighted by Crippen LogP contribution is -2.20. The van der Waals surface area contributed by atoms with Gasteiger partial charge in [0.2, 0.25) is 0 Å². The van der Waals surface area contributed by atoms with Crippen molar-refractivity contribution in [2.24, 2.45) is 0 Å². The van der Waals surface area contributed by atoms with Crippen molar-refractivity contribution < 1.29 is 9.84 Å². The molecule has 1 N–H and O–H groups in total. The zero-order valence-electron chi connectivity index (χ0n) is 15.6. The molecule has 0 bridgehead atoms. The molecule has 0 fully saturated rings. The number of benzene rings is 1. The lowest BCUT2D eigenvalue weighted by atomic mass is 9.96. The molecule has 0 aromatic heterocycles. The van der Waals surface area contributed by atoms with Gasteiger partial charge in [0.05, 0.1) is 12.7 Å². The van der Waals surface area contributed by atoms with E-state index in [2.05, 4.69) is 25.1 Å². The predicted molar refractivity (Wildman–Crippen MR) is 104 cm³/mol. The van der Waals surface area contributed by atoms with Gasteiger partial charge in [0.15, 0.2) is 0 Å². The van der Waals surface area contributed by atoms with Gasteiger partial charge in [-0.05, 0) is 70.6 Å². The SMILES string of the molecule is C/C=C/C=C/[C@](C)(O)CCC/C(C)=C/CCc1ccc(OC)cc1. The highest BCUT2D eigenvalue weighted by Crippen LogP contribution is 2.18. The van der Waals surface area contributed by atoms with Gasteiger partial charge in [-0.3, -0.25) is 0 Å². The Balaban J connectivity index is 2.31. The van der Waals surface area contributed by atoms with Crippen molar-refractivity contribution in [3.63, 3.8) is 0 Å². The molecule has 1 aromatic carbocycles. The summed E-state index contributed by atoms with van der Waals surface area (Å²) in [6.07, 6.45) is 14.9. The first-order chi connectivity index (χ1) is 11.5. The Morgan fingerprint density at radius 3 is 2.54 bits per heavy atom. The van der Waals surface area contributed by atoms with E-state index in [-0.39, 0.29) is 0 Å². The van der Waals surface area contributed by atoms with E-state index in [1.165, 1.54) is 11.1 Å². The van der Waals surface area contributed by atoms with Gasteiger partial charge in [0.25, 0.3) is 0 Å². The molecule has 1 aromatic rings. The van der Waals surface area contributed by atoms with Gasteiger partial charge >= 0.3 is 0 Å². The Hall–Kier alpha value is -1.80. The third-order valence-corrected chi connectivity index (χ3v) is 4.10. The van der Waals surface area contributed by atoms with E-state index < -0.39 is 5.60 Å². The molecule has 2 nitrogen and oxygen atoms in total. The molecule has 0 saturated heterocycles. The van der Waals surface area contributed by atoms with Gasteiger partial charge in [0, 0.05) is 0 Å². The van der Waals surface area contributed by atoms with E-state index in [4.69, 9.17) is 4.74 Å². The van der Waals surface area contributed by atoms with Gasteiger partial charge in [-0.1, -0.05) is 48.1 Å². The Morgan fingerprint density at radius 1 is 1.21 bits per heavy atom. The van der Waals surface area contributed by atoms with Crippen molar-refractivity contribution in [1.29, 1.82) is 0 Å². The lowest BCUT2D eigenvalue weighted by Gasteiger charge is -2.18. The second-order valence-electron chi connectivity index (χ2n) is 6.53. The monoisotopic (exact) mass is 328 g/mol. The number of ether oxygens (including phenoxy) is 1. The van der Waals surface area contributed by atoms with Gasteiger partial charge in [0.1, 0.15) is 5.75 Å². The molecule has 24 heavy (non-hydrogen) atoms. The highest BCUT2D eigenvalue weighted by molar-refractivity contribution is 5.27. The Labute approximate surface area is 147 Å². The molecule has 132 valence electrons. The molecule has 0 saturated carbocycles. The van der Waals surface area contributed by atoms with E-state index in [0.717, 1.165) is 37.9 Å². The summed E-state index contributed by atoms with van der Waals surface area (Å²) in [5.74, 6) is 0.904. The van der Waals surface area contributed by atoms with Crippen LogP contribution in [-0.2, 0) is 6.42 Å². The molecule has 0 aliphatic carbocycles. The normalized spacial score (nSPS) is 15.1. The van der Waals surface area contributed by atoms with Crippen LogP contribution in [0.15, 0.2) is 60.2 Å². The maximum Gasteiger partial charge on any atom is 0.118 e. The van der Waals surface area contributed by atoms with Crippen molar-refractivity contribution >= 4 is 0 Å². The van der Waals surface area contributed by atoms with E-state index >= 15 is 0 Å². The van der Waals surface area contributed by atoms with E-state index in [9.17, 15) is 5.11 Å². The fourth-order valence-corrected chi connectivity index (χ4v) is 2.56. The predicted octanol–water partition coefficient (Wildman–Crippen LogP) is 5.63. The second-order valence-corrected chi connectivity index (χ2v) is 6.53. The first-order valence-corrected chi connectivity index (χ1v) is 8.78. The van der Waals surface area contributed by atoms with E-state index in [1.54, 1.807) is 7.11 Å². The molecule has 0 aliphatic rings. The maximum atomic E-state index is 10.3. The van der Waals surface area contributed by atoms with Crippen LogP contribution in [0.5, 0.6) is 5.75 Å². The number of allylic oxidation sites excluding steroid dienone is 5. The summed E-state index contributed by atoms with van der Waals surface area (Å²) < 4.78 is 5.17. The molecule has 0 aliphatic heterocycles. The minimum absolute atomic E-state index is 0.719. The Bertz CT molecular complexity index is 548. The molecule has 2 heteroatoms. The van der Waals surface area contributed by atoms with Gasteiger partial charge in [-0.15, -0.1) is 0 Å². The van der Waals surface area contributed by atoms with E-state index in [1.807, 2.05) is 50.3 Å². The molecule has 0 radical (unpaired) electrons. The third kappa shape index (κ3) is 8.73. The highest BCUT2D eigenvalue weighted by atomic mass is 16.5. The quantitative estimate of drug-likeness (QED) is 0.445.